The highest BCUT2D eigenvalue weighted by Crippen LogP contribution is 2.35. The monoisotopic (exact) mass is 236 g/mol. The summed E-state index contributed by atoms with van der Waals surface area (Å²) in [6.45, 7) is 4.33. The number of thioether (sulfide) groups is 1. The van der Waals surface area contributed by atoms with E-state index in [2.05, 4.69) is 38.1 Å². The zero-order chi connectivity index (χ0) is 11.6. The van der Waals surface area contributed by atoms with Crippen molar-refractivity contribution in [2.24, 2.45) is 5.92 Å². The molecule has 0 aliphatic heterocycles. The van der Waals surface area contributed by atoms with Gasteiger partial charge in [-0.1, -0.05) is 26.0 Å². The molecule has 0 saturated heterocycles. The van der Waals surface area contributed by atoms with Crippen LogP contribution in [0.1, 0.15) is 32.3 Å². The summed E-state index contributed by atoms with van der Waals surface area (Å²) in [5, 5.41) is 9.30. The van der Waals surface area contributed by atoms with E-state index in [9.17, 15) is 5.11 Å². The SMILES string of the molecule is CC(C)(CO)c1ccc(SCC2CC2)cc1. The first-order valence-electron chi connectivity index (χ1n) is 5.96. The van der Waals surface area contributed by atoms with Gasteiger partial charge in [0, 0.05) is 16.1 Å². The van der Waals surface area contributed by atoms with Gasteiger partial charge in [-0.3, -0.25) is 0 Å². The lowest BCUT2D eigenvalue weighted by Gasteiger charge is -2.22. The second-order valence-electron chi connectivity index (χ2n) is 5.32. The number of benzene rings is 1. The average Bonchev–Trinajstić information content (AvgIpc) is 3.11. The highest BCUT2D eigenvalue weighted by molar-refractivity contribution is 7.99. The van der Waals surface area contributed by atoms with Crippen LogP contribution < -0.4 is 0 Å². The summed E-state index contributed by atoms with van der Waals surface area (Å²) in [5.74, 6) is 2.24. The molecule has 0 atom stereocenters. The summed E-state index contributed by atoms with van der Waals surface area (Å²) >= 11 is 1.96. The van der Waals surface area contributed by atoms with Crippen molar-refractivity contribution in [1.29, 1.82) is 0 Å². The topological polar surface area (TPSA) is 20.2 Å². The molecular formula is C14H20OS. The van der Waals surface area contributed by atoms with E-state index >= 15 is 0 Å². The number of rotatable bonds is 5. The number of hydrogen-bond donors (Lipinski definition) is 1. The standard InChI is InChI=1S/C14H20OS/c1-14(2,10-15)12-5-7-13(8-6-12)16-9-11-3-4-11/h5-8,11,15H,3-4,9-10H2,1-2H3. The highest BCUT2D eigenvalue weighted by atomic mass is 32.2. The fraction of sp³-hybridized carbons (Fsp3) is 0.571. The second kappa shape index (κ2) is 4.80. The normalized spacial score (nSPS) is 16.4. The smallest absolute Gasteiger partial charge is 0.0522 e. The van der Waals surface area contributed by atoms with Gasteiger partial charge in [0.2, 0.25) is 0 Å². The molecule has 16 heavy (non-hydrogen) atoms. The molecule has 0 spiro atoms. The second-order valence-corrected chi connectivity index (χ2v) is 6.41. The molecule has 1 N–H and O–H groups in total. The molecule has 2 heteroatoms. The first kappa shape index (κ1) is 12.0. The summed E-state index contributed by atoms with van der Waals surface area (Å²) < 4.78 is 0. The molecule has 1 nitrogen and oxygen atoms in total. The van der Waals surface area contributed by atoms with Crippen LogP contribution in [0.3, 0.4) is 0 Å². The Morgan fingerprint density at radius 3 is 2.38 bits per heavy atom. The van der Waals surface area contributed by atoms with Crippen LogP contribution in [0.5, 0.6) is 0 Å². The third-order valence-electron chi connectivity index (χ3n) is 3.21. The van der Waals surface area contributed by atoms with Crippen LogP contribution in [-0.2, 0) is 5.41 Å². The fourth-order valence-corrected chi connectivity index (χ4v) is 2.68. The maximum absolute atomic E-state index is 9.30. The van der Waals surface area contributed by atoms with Gasteiger partial charge in [0.25, 0.3) is 0 Å². The van der Waals surface area contributed by atoms with Crippen LogP contribution in [0, 0.1) is 5.92 Å². The highest BCUT2D eigenvalue weighted by Gasteiger charge is 2.21. The zero-order valence-corrected chi connectivity index (χ0v) is 10.9. The molecular weight excluding hydrogens is 216 g/mol. The van der Waals surface area contributed by atoms with Gasteiger partial charge in [-0.05, 0) is 36.5 Å². The predicted octanol–water partition coefficient (Wildman–Crippen LogP) is 3.46. The molecule has 1 fully saturated rings. The molecule has 1 aliphatic carbocycles. The lowest BCUT2D eigenvalue weighted by molar-refractivity contribution is 0.218. The number of hydrogen-bond acceptors (Lipinski definition) is 2. The van der Waals surface area contributed by atoms with Crippen LogP contribution in [0.2, 0.25) is 0 Å². The van der Waals surface area contributed by atoms with Gasteiger partial charge >= 0.3 is 0 Å². The molecule has 2 rings (SSSR count). The van der Waals surface area contributed by atoms with Crippen molar-refractivity contribution < 1.29 is 5.11 Å². The first-order valence-corrected chi connectivity index (χ1v) is 6.94. The van der Waals surface area contributed by atoms with E-state index in [1.165, 1.54) is 29.1 Å². The van der Waals surface area contributed by atoms with Gasteiger partial charge in [0.15, 0.2) is 0 Å². The fourth-order valence-electron chi connectivity index (χ4n) is 1.59. The van der Waals surface area contributed by atoms with Crippen molar-refractivity contribution in [3.8, 4) is 0 Å². The first-order chi connectivity index (χ1) is 7.62. The van der Waals surface area contributed by atoms with Gasteiger partial charge < -0.3 is 5.11 Å². The van der Waals surface area contributed by atoms with Crippen molar-refractivity contribution in [1.82, 2.24) is 0 Å². The molecule has 0 radical (unpaired) electrons. The maximum Gasteiger partial charge on any atom is 0.0522 e. The molecule has 1 aromatic carbocycles. The predicted molar refractivity (Wildman–Crippen MR) is 70.0 cm³/mol. The van der Waals surface area contributed by atoms with Gasteiger partial charge in [0.05, 0.1) is 6.61 Å². The Morgan fingerprint density at radius 1 is 1.25 bits per heavy atom. The molecule has 0 bridgehead atoms. The molecule has 0 amide bonds. The quantitative estimate of drug-likeness (QED) is 0.790. The largest absolute Gasteiger partial charge is 0.395 e. The summed E-state index contributed by atoms with van der Waals surface area (Å²) in [6.07, 6.45) is 2.84. The van der Waals surface area contributed by atoms with E-state index in [4.69, 9.17) is 0 Å². The van der Waals surface area contributed by atoms with Gasteiger partial charge in [-0.15, -0.1) is 11.8 Å². The molecule has 0 unspecified atom stereocenters. The van der Waals surface area contributed by atoms with E-state index in [1.54, 1.807) is 0 Å². The number of aliphatic hydroxyl groups excluding tert-OH is 1. The molecule has 1 aliphatic rings. The van der Waals surface area contributed by atoms with E-state index in [0.29, 0.717) is 0 Å². The molecule has 0 heterocycles. The van der Waals surface area contributed by atoms with E-state index in [1.807, 2.05) is 11.8 Å². The zero-order valence-electron chi connectivity index (χ0n) is 10.1. The Bertz CT molecular complexity index is 338. The van der Waals surface area contributed by atoms with Crippen LogP contribution >= 0.6 is 11.8 Å². The minimum absolute atomic E-state index is 0.125. The maximum atomic E-state index is 9.30. The van der Waals surface area contributed by atoms with Crippen molar-refractivity contribution in [3.05, 3.63) is 29.8 Å². The summed E-state index contributed by atoms with van der Waals surface area (Å²) in [5.41, 5.74) is 1.09. The van der Waals surface area contributed by atoms with Gasteiger partial charge in [-0.2, -0.15) is 0 Å². The van der Waals surface area contributed by atoms with Crippen molar-refractivity contribution >= 4 is 11.8 Å². The Kier molecular flexibility index (Phi) is 3.60. The summed E-state index contributed by atoms with van der Waals surface area (Å²) in [7, 11) is 0. The lowest BCUT2D eigenvalue weighted by Crippen LogP contribution is -2.21. The summed E-state index contributed by atoms with van der Waals surface area (Å²) in [6, 6.07) is 8.65. The van der Waals surface area contributed by atoms with Crippen LogP contribution in [0.4, 0.5) is 0 Å². The molecule has 0 aromatic heterocycles. The minimum Gasteiger partial charge on any atom is -0.395 e. The van der Waals surface area contributed by atoms with Gasteiger partial charge in [0.1, 0.15) is 0 Å². The Morgan fingerprint density at radius 2 is 1.88 bits per heavy atom. The van der Waals surface area contributed by atoms with Crippen LogP contribution in [0.25, 0.3) is 0 Å². The summed E-state index contributed by atoms with van der Waals surface area (Å²) in [4.78, 5) is 1.35. The van der Waals surface area contributed by atoms with Crippen molar-refractivity contribution in [2.45, 2.75) is 37.0 Å². The van der Waals surface area contributed by atoms with Crippen molar-refractivity contribution in [2.75, 3.05) is 12.4 Å². The van der Waals surface area contributed by atoms with Crippen LogP contribution in [0.15, 0.2) is 29.2 Å². The third kappa shape index (κ3) is 3.02. The van der Waals surface area contributed by atoms with Crippen LogP contribution in [-0.4, -0.2) is 17.5 Å². The van der Waals surface area contributed by atoms with E-state index in [-0.39, 0.29) is 12.0 Å². The van der Waals surface area contributed by atoms with E-state index < -0.39 is 0 Å². The minimum atomic E-state index is -0.125. The van der Waals surface area contributed by atoms with Gasteiger partial charge in [-0.25, -0.2) is 0 Å². The molecule has 88 valence electrons. The van der Waals surface area contributed by atoms with E-state index in [0.717, 1.165) is 5.92 Å². The average molecular weight is 236 g/mol. The third-order valence-corrected chi connectivity index (χ3v) is 4.46. The molecule has 1 aromatic rings. The van der Waals surface area contributed by atoms with Crippen molar-refractivity contribution in [3.63, 3.8) is 0 Å². The number of aliphatic hydroxyl groups is 1. The molecule has 1 saturated carbocycles. The Balaban J connectivity index is 1.97. The Hall–Kier alpha value is -0.470. The lowest BCUT2D eigenvalue weighted by atomic mass is 9.86. The Labute approximate surface area is 102 Å².